The first-order chi connectivity index (χ1) is 9.25. The average Bonchev–Trinajstić information content (AvgIpc) is 2.35. The fourth-order valence-corrected chi connectivity index (χ4v) is 1.90. The van der Waals surface area contributed by atoms with Crippen LogP contribution in [0.2, 0.25) is 0 Å². The van der Waals surface area contributed by atoms with Crippen LogP contribution in [0.1, 0.15) is 21.6 Å². The van der Waals surface area contributed by atoms with Gasteiger partial charge in [0.2, 0.25) is 0 Å². The van der Waals surface area contributed by atoms with Crippen molar-refractivity contribution in [2.75, 3.05) is 7.11 Å². The highest BCUT2D eigenvalue weighted by molar-refractivity contribution is 5.92. The third kappa shape index (κ3) is 2.24. The maximum absolute atomic E-state index is 12.8. The minimum Gasteiger partial charge on any atom is -0.464 e. The van der Waals surface area contributed by atoms with Gasteiger partial charge in [-0.05, 0) is 18.6 Å². The number of alkyl halides is 3. The van der Waals surface area contributed by atoms with E-state index in [2.05, 4.69) is 14.7 Å². The quantitative estimate of drug-likeness (QED) is 0.814. The van der Waals surface area contributed by atoms with Crippen molar-refractivity contribution >= 4 is 16.9 Å². The zero-order valence-electron chi connectivity index (χ0n) is 10.5. The van der Waals surface area contributed by atoms with Gasteiger partial charge in [0.05, 0.1) is 12.6 Å². The van der Waals surface area contributed by atoms with Gasteiger partial charge in [0, 0.05) is 11.6 Å². The Morgan fingerprint density at radius 1 is 1.40 bits per heavy atom. The highest BCUT2D eigenvalue weighted by atomic mass is 19.4. The van der Waals surface area contributed by atoms with Crippen LogP contribution in [0.3, 0.4) is 0 Å². The highest BCUT2D eigenvalue weighted by Crippen LogP contribution is 2.31. The molecule has 20 heavy (non-hydrogen) atoms. The number of esters is 1. The number of carbonyl (C=O) groups excluding carboxylic acids is 1. The van der Waals surface area contributed by atoms with E-state index in [1.165, 1.54) is 13.0 Å². The fraction of sp³-hybridized carbons (Fsp3) is 0.250. The number of carbonyl (C=O) groups is 1. The van der Waals surface area contributed by atoms with Crippen LogP contribution in [0.15, 0.2) is 17.1 Å². The van der Waals surface area contributed by atoms with Gasteiger partial charge >= 0.3 is 12.1 Å². The van der Waals surface area contributed by atoms with E-state index in [0.29, 0.717) is 0 Å². The minimum atomic E-state index is -4.76. The first kappa shape index (κ1) is 14.0. The minimum absolute atomic E-state index is 0.0934. The van der Waals surface area contributed by atoms with Crippen molar-refractivity contribution in [3.8, 4) is 0 Å². The molecule has 2 aromatic heterocycles. The molecule has 1 N–H and O–H groups in total. The van der Waals surface area contributed by atoms with E-state index in [0.717, 1.165) is 13.3 Å². The lowest BCUT2D eigenvalue weighted by Crippen LogP contribution is -2.23. The number of hydrogen-bond donors (Lipinski definition) is 1. The molecule has 0 aliphatic heterocycles. The predicted molar refractivity (Wildman–Crippen MR) is 63.4 cm³/mol. The molecule has 0 spiro atoms. The van der Waals surface area contributed by atoms with Crippen molar-refractivity contribution in [3.63, 3.8) is 0 Å². The van der Waals surface area contributed by atoms with E-state index >= 15 is 0 Å². The molecule has 0 aliphatic rings. The van der Waals surface area contributed by atoms with Gasteiger partial charge in [0.1, 0.15) is 11.3 Å². The molecule has 2 heterocycles. The molecule has 106 valence electrons. The second-order valence-corrected chi connectivity index (χ2v) is 4.06. The number of halogens is 3. The number of pyridine rings is 2. The Morgan fingerprint density at radius 2 is 2.05 bits per heavy atom. The molecule has 2 aromatic rings. The lowest BCUT2D eigenvalue weighted by molar-refractivity contribution is -0.139. The zero-order valence-corrected chi connectivity index (χ0v) is 10.5. The maximum atomic E-state index is 12.8. The Labute approximate surface area is 110 Å². The molecule has 0 atom stereocenters. The molecule has 0 aromatic carbocycles. The summed E-state index contributed by atoms with van der Waals surface area (Å²) >= 11 is 0. The average molecular weight is 286 g/mol. The van der Waals surface area contributed by atoms with Crippen molar-refractivity contribution < 1.29 is 22.7 Å². The second-order valence-electron chi connectivity index (χ2n) is 4.06. The van der Waals surface area contributed by atoms with Gasteiger partial charge in [-0.2, -0.15) is 13.2 Å². The predicted octanol–water partition coefficient (Wildman–Crippen LogP) is 2.04. The molecular weight excluding hydrogens is 277 g/mol. The number of aryl methyl sites for hydroxylation is 1. The highest BCUT2D eigenvalue weighted by Gasteiger charge is 2.36. The van der Waals surface area contributed by atoms with Crippen LogP contribution in [0.4, 0.5) is 13.2 Å². The van der Waals surface area contributed by atoms with Gasteiger partial charge in [-0.25, -0.2) is 9.78 Å². The van der Waals surface area contributed by atoms with E-state index in [4.69, 9.17) is 0 Å². The number of fused-ring (bicyclic) bond motifs is 1. The molecular formula is C12H9F3N2O3. The molecule has 0 fully saturated rings. The lowest BCUT2D eigenvalue weighted by atomic mass is 10.1. The molecule has 0 unspecified atom stereocenters. The van der Waals surface area contributed by atoms with Gasteiger partial charge in [-0.3, -0.25) is 4.79 Å². The summed E-state index contributed by atoms with van der Waals surface area (Å²) in [6.07, 6.45) is -3.66. The number of ether oxygens (including phenoxy) is 1. The summed E-state index contributed by atoms with van der Waals surface area (Å²) < 4.78 is 42.8. The number of nitrogens with zero attached hydrogens (tertiary/aromatic N) is 1. The summed E-state index contributed by atoms with van der Waals surface area (Å²) in [6.45, 7) is 1.18. The van der Waals surface area contributed by atoms with Crippen molar-refractivity contribution in [2.45, 2.75) is 13.1 Å². The van der Waals surface area contributed by atoms with Crippen LogP contribution < -0.4 is 5.56 Å². The first-order valence-corrected chi connectivity index (χ1v) is 5.44. The Balaban J connectivity index is 2.77. The molecule has 0 saturated heterocycles. The van der Waals surface area contributed by atoms with Crippen LogP contribution in [0, 0.1) is 6.92 Å². The van der Waals surface area contributed by atoms with Gasteiger partial charge in [-0.15, -0.1) is 0 Å². The number of H-pyrrole nitrogens is 1. The summed E-state index contributed by atoms with van der Waals surface area (Å²) in [5.74, 6) is -0.745. The summed E-state index contributed by atoms with van der Waals surface area (Å²) in [5.41, 5.74) is -2.77. The van der Waals surface area contributed by atoms with Gasteiger partial charge in [0.15, 0.2) is 0 Å². The lowest BCUT2D eigenvalue weighted by Gasteiger charge is -2.11. The molecule has 5 nitrogen and oxygen atoms in total. The smallest absolute Gasteiger partial charge is 0.421 e. The number of nitrogens with one attached hydrogen (secondary N) is 1. The van der Waals surface area contributed by atoms with Crippen molar-refractivity contribution in [2.24, 2.45) is 0 Å². The summed E-state index contributed by atoms with van der Waals surface area (Å²) in [6, 6.07) is 1.18. The second kappa shape index (κ2) is 4.62. The fourth-order valence-electron chi connectivity index (χ4n) is 1.90. The number of rotatable bonds is 1. The van der Waals surface area contributed by atoms with Crippen LogP contribution in [0.5, 0.6) is 0 Å². The van der Waals surface area contributed by atoms with Gasteiger partial charge < -0.3 is 9.72 Å². The van der Waals surface area contributed by atoms with E-state index < -0.39 is 23.3 Å². The normalized spacial score (nSPS) is 11.7. The van der Waals surface area contributed by atoms with Crippen molar-refractivity contribution in [1.82, 2.24) is 9.97 Å². The Morgan fingerprint density at radius 3 is 2.60 bits per heavy atom. The Kier molecular flexibility index (Phi) is 3.24. The van der Waals surface area contributed by atoms with E-state index in [1.807, 2.05) is 0 Å². The van der Waals surface area contributed by atoms with Crippen LogP contribution in [-0.2, 0) is 10.9 Å². The van der Waals surface area contributed by atoms with Crippen LogP contribution >= 0.6 is 0 Å². The third-order valence-electron chi connectivity index (χ3n) is 2.84. The number of aromatic nitrogens is 2. The van der Waals surface area contributed by atoms with Gasteiger partial charge in [0.25, 0.3) is 5.56 Å². The molecule has 8 heteroatoms. The standard InChI is InChI=1S/C12H9F3N2O3/c1-5-6-4-16-8(11(19)20-2)3-7(6)17-10(18)9(5)12(13,14)15/h3-4H,1-2H3,(H,17,18). The van der Waals surface area contributed by atoms with E-state index in [1.54, 1.807) is 0 Å². The molecule has 0 radical (unpaired) electrons. The largest absolute Gasteiger partial charge is 0.464 e. The monoisotopic (exact) mass is 286 g/mol. The molecule has 0 amide bonds. The van der Waals surface area contributed by atoms with E-state index in [-0.39, 0.29) is 22.2 Å². The summed E-state index contributed by atoms with van der Waals surface area (Å²) in [5, 5.41) is 0.115. The van der Waals surface area contributed by atoms with Gasteiger partial charge in [-0.1, -0.05) is 0 Å². The van der Waals surface area contributed by atoms with Crippen molar-refractivity contribution in [1.29, 1.82) is 0 Å². The molecule has 2 rings (SSSR count). The Bertz CT molecular complexity index is 750. The summed E-state index contributed by atoms with van der Waals surface area (Å²) in [4.78, 5) is 28.7. The zero-order chi connectivity index (χ0) is 15.1. The maximum Gasteiger partial charge on any atom is 0.421 e. The number of hydrogen-bond acceptors (Lipinski definition) is 4. The molecule has 0 saturated carbocycles. The third-order valence-corrected chi connectivity index (χ3v) is 2.84. The summed E-state index contributed by atoms with van der Waals surface area (Å²) in [7, 11) is 1.15. The SMILES string of the molecule is COC(=O)c1cc2[nH]c(=O)c(C(F)(F)F)c(C)c2cn1. The number of aromatic amines is 1. The Hall–Kier alpha value is -2.38. The van der Waals surface area contributed by atoms with Crippen LogP contribution in [0.25, 0.3) is 10.9 Å². The molecule has 0 aliphatic carbocycles. The van der Waals surface area contributed by atoms with E-state index in [9.17, 15) is 22.8 Å². The van der Waals surface area contributed by atoms with Crippen LogP contribution in [-0.4, -0.2) is 23.0 Å². The molecule has 0 bridgehead atoms. The van der Waals surface area contributed by atoms with Crippen molar-refractivity contribution in [3.05, 3.63) is 39.4 Å². The topological polar surface area (TPSA) is 72.1 Å². The number of methoxy groups -OCH3 is 1. The first-order valence-electron chi connectivity index (χ1n) is 5.44.